The first-order valence-corrected chi connectivity index (χ1v) is 12.3. The predicted molar refractivity (Wildman–Crippen MR) is 129 cm³/mol. The van der Waals surface area contributed by atoms with Gasteiger partial charge in [0, 0.05) is 12.1 Å². The van der Waals surface area contributed by atoms with Crippen LogP contribution in [0.15, 0.2) is 90.3 Å². The van der Waals surface area contributed by atoms with E-state index >= 15 is 0 Å². The van der Waals surface area contributed by atoms with Gasteiger partial charge in [-0.2, -0.15) is 5.10 Å². The van der Waals surface area contributed by atoms with Gasteiger partial charge in [0.1, 0.15) is 17.6 Å². The lowest BCUT2D eigenvalue weighted by atomic mass is 10.1. The molecule has 0 aliphatic rings. The van der Waals surface area contributed by atoms with Crippen molar-refractivity contribution in [3.05, 3.63) is 107 Å². The lowest BCUT2D eigenvalue weighted by Gasteiger charge is -2.16. The van der Waals surface area contributed by atoms with Gasteiger partial charge in [0.15, 0.2) is 0 Å². The molecule has 174 valence electrons. The van der Waals surface area contributed by atoms with E-state index in [2.05, 4.69) is 20.1 Å². The van der Waals surface area contributed by atoms with E-state index in [0.29, 0.717) is 0 Å². The lowest BCUT2D eigenvalue weighted by Crippen LogP contribution is -2.28. The van der Waals surface area contributed by atoms with Crippen LogP contribution in [0, 0.1) is 0 Å². The van der Waals surface area contributed by atoms with Crippen molar-refractivity contribution in [2.75, 3.05) is 0 Å². The monoisotopic (exact) mass is 495 g/mol. The number of aromatic nitrogens is 3. The smallest absolute Gasteiger partial charge is 0.251 e. The minimum atomic E-state index is -3.93. The van der Waals surface area contributed by atoms with Crippen molar-refractivity contribution in [2.45, 2.75) is 24.4 Å². The van der Waals surface area contributed by atoms with Crippen molar-refractivity contribution in [3.63, 3.8) is 0 Å². The quantitative estimate of drug-likeness (QED) is 0.385. The summed E-state index contributed by atoms with van der Waals surface area (Å²) >= 11 is 6.16. The maximum absolute atomic E-state index is 12.9. The maximum atomic E-state index is 12.9. The van der Waals surface area contributed by atoms with Gasteiger partial charge in [-0.3, -0.25) is 4.79 Å². The Morgan fingerprint density at radius 3 is 2.47 bits per heavy atom. The van der Waals surface area contributed by atoms with Crippen LogP contribution in [0.5, 0.6) is 0 Å². The zero-order valence-electron chi connectivity index (χ0n) is 18.2. The summed E-state index contributed by atoms with van der Waals surface area (Å²) in [5, 5.41) is 7.01. The molecule has 1 heterocycles. The fourth-order valence-electron chi connectivity index (χ4n) is 3.32. The molecule has 1 unspecified atom stereocenters. The number of nitrogens with one attached hydrogen (secondary N) is 2. The highest BCUT2D eigenvalue weighted by Crippen LogP contribution is 2.24. The lowest BCUT2D eigenvalue weighted by molar-refractivity contribution is 0.0939. The standard InChI is InChI=1S/C24H22ClN5O3S/c1-17(19-7-10-21(11-8-19)30-16-26-15-27-30)29-24(31)20-9-12-22(25)23(13-20)34(32,33)28-14-18-5-3-2-4-6-18/h2-13,15-17,28H,14H2,1H3,(H,29,31). The second-order valence-corrected chi connectivity index (χ2v) is 9.72. The summed E-state index contributed by atoms with van der Waals surface area (Å²) in [6.07, 6.45) is 3.05. The second-order valence-electron chi connectivity index (χ2n) is 7.58. The van der Waals surface area contributed by atoms with Crippen molar-refractivity contribution in [2.24, 2.45) is 0 Å². The average Bonchev–Trinajstić information content (AvgIpc) is 3.39. The minimum absolute atomic E-state index is 0.0360. The molecule has 0 aliphatic heterocycles. The number of halogens is 1. The molecule has 0 bridgehead atoms. The van der Waals surface area contributed by atoms with Crippen LogP contribution >= 0.6 is 11.6 Å². The van der Waals surface area contributed by atoms with Gasteiger partial charge in [0.25, 0.3) is 5.91 Å². The summed E-state index contributed by atoms with van der Waals surface area (Å²) in [7, 11) is -3.93. The van der Waals surface area contributed by atoms with Gasteiger partial charge in [0.05, 0.1) is 16.8 Å². The zero-order valence-corrected chi connectivity index (χ0v) is 19.8. The van der Waals surface area contributed by atoms with Crippen molar-refractivity contribution in [1.29, 1.82) is 0 Å². The van der Waals surface area contributed by atoms with E-state index in [4.69, 9.17) is 11.6 Å². The Hall–Kier alpha value is -3.53. The molecule has 0 fully saturated rings. The van der Waals surface area contributed by atoms with Crippen molar-refractivity contribution in [1.82, 2.24) is 24.8 Å². The Labute approximate surface area is 202 Å². The number of rotatable bonds is 8. The van der Waals surface area contributed by atoms with Gasteiger partial charge in [-0.05, 0) is 48.4 Å². The van der Waals surface area contributed by atoms with E-state index in [1.54, 1.807) is 11.0 Å². The second kappa shape index (κ2) is 10.2. The van der Waals surface area contributed by atoms with Gasteiger partial charge < -0.3 is 5.32 Å². The van der Waals surface area contributed by atoms with Gasteiger partial charge in [-0.25, -0.2) is 22.8 Å². The molecular formula is C24H22ClN5O3S. The minimum Gasteiger partial charge on any atom is -0.346 e. The molecule has 34 heavy (non-hydrogen) atoms. The SMILES string of the molecule is CC(NC(=O)c1ccc(Cl)c(S(=O)(=O)NCc2ccccc2)c1)c1ccc(-n2cncn2)cc1. The summed E-state index contributed by atoms with van der Waals surface area (Å²) in [5.74, 6) is -0.413. The number of benzene rings is 3. The molecule has 3 aromatic carbocycles. The van der Waals surface area contributed by atoms with Gasteiger partial charge in [-0.15, -0.1) is 0 Å². The van der Waals surface area contributed by atoms with Crippen LogP contribution in [0.2, 0.25) is 5.02 Å². The zero-order chi connectivity index (χ0) is 24.1. The highest BCUT2D eigenvalue weighted by atomic mass is 35.5. The summed E-state index contributed by atoms with van der Waals surface area (Å²) in [6, 6.07) is 20.5. The third-order valence-corrected chi connectivity index (χ3v) is 7.10. The number of hydrogen-bond acceptors (Lipinski definition) is 5. The molecule has 8 nitrogen and oxygen atoms in total. The number of carbonyl (C=O) groups is 1. The van der Waals surface area contributed by atoms with Gasteiger partial charge in [0.2, 0.25) is 10.0 Å². The average molecular weight is 496 g/mol. The predicted octanol–water partition coefficient (Wildman–Crippen LogP) is 3.89. The summed E-state index contributed by atoms with van der Waals surface area (Å²) in [4.78, 5) is 16.6. The molecule has 1 amide bonds. The molecule has 1 atom stereocenters. The molecule has 0 aliphatic carbocycles. The van der Waals surface area contributed by atoms with E-state index < -0.39 is 15.9 Å². The van der Waals surface area contributed by atoms with E-state index in [-0.39, 0.29) is 28.1 Å². The molecule has 2 N–H and O–H groups in total. The summed E-state index contributed by atoms with van der Waals surface area (Å²) in [6.45, 7) is 1.95. The van der Waals surface area contributed by atoms with Crippen LogP contribution in [0.1, 0.15) is 34.5 Å². The fourth-order valence-corrected chi connectivity index (χ4v) is 4.86. The largest absolute Gasteiger partial charge is 0.346 e. The number of sulfonamides is 1. The third kappa shape index (κ3) is 5.51. The molecule has 0 spiro atoms. The Morgan fingerprint density at radius 1 is 1.06 bits per heavy atom. The summed E-state index contributed by atoms with van der Waals surface area (Å²) in [5.41, 5.74) is 2.72. The molecular weight excluding hydrogens is 474 g/mol. The number of hydrogen-bond donors (Lipinski definition) is 2. The van der Waals surface area contributed by atoms with Crippen molar-refractivity contribution in [3.8, 4) is 5.69 Å². The molecule has 1 aromatic heterocycles. The Balaban J connectivity index is 1.46. The van der Waals surface area contributed by atoms with Crippen molar-refractivity contribution >= 4 is 27.5 Å². The Bertz CT molecular complexity index is 1380. The van der Waals surface area contributed by atoms with Gasteiger partial charge >= 0.3 is 0 Å². The Morgan fingerprint density at radius 2 is 1.79 bits per heavy atom. The highest BCUT2D eigenvalue weighted by molar-refractivity contribution is 7.89. The third-order valence-electron chi connectivity index (χ3n) is 5.22. The molecule has 4 aromatic rings. The number of amides is 1. The van der Waals surface area contributed by atoms with Crippen LogP contribution in [-0.2, 0) is 16.6 Å². The van der Waals surface area contributed by atoms with Crippen LogP contribution in [0.3, 0.4) is 0 Å². The molecule has 0 saturated heterocycles. The van der Waals surface area contributed by atoms with Crippen LogP contribution < -0.4 is 10.0 Å². The normalized spacial score (nSPS) is 12.3. The molecule has 0 radical (unpaired) electrons. The molecule has 4 rings (SSSR count). The van der Waals surface area contributed by atoms with Crippen LogP contribution in [0.25, 0.3) is 5.69 Å². The fraction of sp³-hybridized carbons (Fsp3) is 0.125. The number of nitrogens with zero attached hydrogens (tertiary/aromatic N) is 3. The highest BCUT2D eigenvalue weighted by Gasteiger charge is 2.21. The Kier molecular flexibility index (Phi) is 7.06. The first-order chi connectivity index (χ1) is 16.3. The van der Waals surface area contributed by atoms with E-state index in [1.807, 2.05) is 61.5 Å². The molecule has 10 heteroatoms. The summed E-state index contributed by atoms with van der Waals surface area (Å²) < 4.78 is 29.8. The van der Waals surface area contributed by atoms with E-state index in [0.717, 1.165) is 16.8 Å². The maximum Gasteiger partial charge on any atom is 0.251 e. The first kappa shape index (κ1) is 23.6. The number of carbonyl (C=O) groups excluding carboxylic acids is 1. The van der Waals surface area contributed by atoms with E-state index in [9.17, 15) is 13.2 Å². The van der Waals surface area contributed by atoms with Crippen molar-refractivity contribution < 1.29 is 13.2 Å². The first-order valence-electron chi connectivity index (χ1n) is 10.4. The topological polar surface area (TPSA) is 106 Å². The molecule has 0 saturated carbocycles. The van der Waals surface area contributed by atoms with Crippen LogP contribution in [-0.4, -0.2) is 29.1 Å². The van der Waals surface area contributed by atoms with Crippen LogP contribution in [0.4, 0.5) is 0 Å². The van der Waals surface area contributed by atoms with Gasteiger partial charge in [-0.1, -0.05) is 54.1 Å². The van der Waals surface area contributed by atoms with E-state index in [1.165, 1.54) is 24.5 Å².